The van der Waals surface area contributed by atoms with Crippen LogP contribution in [0.2, 0.25) is 0 Å². The van der Waals surface area contributed by atoms with Crippen molar-refractivity contribution in [1.29, 1.82) is 0 Å². The lowest BCUT2D eigenvalue weighted by atomic mass is 9.60. The molecular weight excluding hydrogens is 311 g/mol. The first kappa shape index (κ1) is 16.9. The number of nitrogens with zero attached hydrogens (tertiary/aromatic N) is 1. The molecule has 1 atom stereocenters. The number of amides is 2. The third kappa shape index (κ3) is 3.59. The maximum Gasteiger partial charge on any atom is 0.243 e. The molecule has 1 aliphatic heterocycles. The Morgan fingerprint density at radius 3 is 2.42 bits per heavy atom. The van der Waals surface area contributed by atoms with Gasteiger partial charge < -0.3 is 15.4 Å². The molecule has 0 radical (unpaired) electrons. The summed E-state index contributed by atoms with van der Waals surface area (Å²) in [7, 11) is 0. The van der Waals surface area contributed by atoms with E-state index in [1.807, 2.05) is 4.90 Å². The molecule has 2 amide bonds. The highest BCUT2D eigenvalue weighted by Gasteiger charge is 2.49. The zero-order chi connectivity index (χ0) is 17.2. The van der Waals surface area contributed by atoms with Gasteiger partial charge >= 0.3 is 0 Å². The topological polar surface area (TPSA) is 72.6 Å². The summed E-state index contributed by atoms with van der Waals surface area (Å²) in [4.78, 5) is 25.2. The van der Waals surface area contributed by atoms with Crippen LogP contribution < -0.4 is 5.73 Å². The van der Waals surface area contributed by atoms with Crippen molar-refractivity contribution >= 4 is 11.8 Å². The van der Waals surface area contributed by atoms with E-state index in [2.05, 4.69) is 0 Å². The van der Waals surface area contributed by atoms with Gasteiger partial charge in [0.15, 0.2) is 0 Å². The predicted octanol–water partition coefficient (Wildman–Crippen LogP) is 1.64. The van der Waals surface area contributed by atoms with Gasteiger partial charge in [-0.15, -0.1) is 0 Å². The van der Waals surface area contributed by atoms with E-state index in [-0.39, 0.29) is 29.9 Å². The van der Waals surface area contributed by atoms with Crippen molar-refractivity contribution in [2.75, 3.05) is 19.7 Å². The molecule has 1 saturated heterocycles. The SMILES string of the molecule is NC(=O)COC1CCC12CCN(C(=O)Cc1ccc(F)cc1)CC2. The fourth-order valence-corrected chi connectivity index (χ4v) is 3.78. The Balaban J connectivity index is 1.50. The second-order valence-electron chi connectivity index (χ2n) is 6.85. The van der Waals surface area contributed by atoms with Crippen LogP contribution in [-0.4, -0.2) is 42.5 Å². The van der Waals surface area contributed by atoms with Gasteiger partial charge in [0.2, 0.25) is 11.8 Å². The zero-order valence-corrected chi connectivity index (χ0v) is 13.7. The minimum Gasteiger partial charge on any atom is -0.368 e. The van der Waals surface area contributed by atoms with Gasteiger partial charge in [0.05, 0.1) is 12.5 Å². The molecule has 2 N–H and O–H groups in total. The van der Waals surface area contributed by atoms with Crippen molar-refractivity contribution in [3.8, 4) is 0 Å². The highest BCUT2D eigenvalue weighted by atomic mass is 19.1. The largest absolute Gasteiger partial charge is 0.368 e. The van der Waals surface area contributed by atoms with E-state index < -0.39 is 5.91 Å². The van der Waals surface area contributed by atoms with E-state index in [9.17, 15) is 14.0 Å². The lowest BCUT2D eigenvalue weighted by Crippen LogP contribution is -2.54. The minimum absolute atomic E-state index is 0.0281. The Hall–Kier alpha value is -1.95. The molecule has 1 spiro atoms. The van der Waals surface area contributed by atoms with Gasteiger partial charge in [-0.1, -0.05) is 12.1 Å². The number of hydrogen-bond donors (Lipinski definition) is 1. The highest BCUT2D eigenvalue weighted by molar-refractivity contribution is 5.78. The molecule has 130 valence electrons. The van der Waals surface area contributed by atoms with Crippen molar-refractivity contribution < 1.29 is 18.7 Å². The molecule has 1 unspecified atom stereocenters. The summed E-state index contributed by atoms with van der Waals surface area (Å²) in [6.45, 7) is 1.38. The monoisotopic (exact) mass is 334 g/mol. The van der Waals surface area contributed by atoms with Crippen molar-refractivity contribution in [3.63, 3.8) is 0 Å². The van der Waals surface area contributed by atoms with Crippen molar-refractivity contribution in [2.45, 2.75) is 38.2 Å². The number of rotatable bonds is 5. The van der Waals surface area contributed by atoms with Crippen molar-refractivity contribution in [1.82, 2.24) is 4.90 Å². The lowest BCUT2D eigenvalue weighted by Gasteiger charge is -2.53. The lowest BCUT2D eigenvalue weighted by molar-refractivity contribution is -0.155. The van der Waals surface area contributed by atoms with Crippen LogP contribution >= 0.6 is 0 Å². The summed E-state index contributed by atoms with van der Waals surface area (Å²) in [5.41, 5.74) is 6.07. The van der Waals surface area contributed by atoms with Crippen LogP contribution in [0.3, 0.4) is 0 Å². The fraction of sp³-hybridized carbons (Fsp3) is 0.556. The maximum atomic E-state index is 12.9. The Bertz CT molecular complexity index is 609. The molecule has 1 aromatic rings. The van der Waals surface area contributed by atoms with Crippen LogP contribution in [0.4, 0.5) is 4.39 Å². The molecule has 6 heteroatoms. The Morgan fingerprint density at radius 2 is 1.88 bits per heavy atom. The quantitative estimate of drug-likeness (QED) is 0.890. The molecule has 2 aliphatic rings. The van der Waals surface area contributed by atoms with E-state index in [1.165, 1.54) is 12.1 Å². The summed E-state index contributed by atoms with van der Waals surface area (Å²) in [5.74, 6) is -0.660. The van der Waals surface area contributed by atoms with Gasteiger partial charge in [-0.2, -0.15) is 0 Å². The molecular formula is C18H23FN2O3. The normalized spacial score (nSPS) is 22.2. The number of carbonyl (C=O) groups is 2. The summed E-state index contributed by atoms with van der Waals surface area (Å²) in [5, 5.41) is 0. The van der Waals surface area contributed by atoms with Gasteiger partial charge in [-0.25, -0.2) is 4.39 Å². The predicted molar refractivity (Wildman–Crippen MR) is 86.5 cm³/mol. The number of likely N-dealkylation sites (tertiary alicyclic amines) is 1. The second kappa shape index (κ2) is 6.89. The van der Waals surface area contributed by atoms with Crippen LogP contribution in [0.1, 0.15) is 31.2 Å². The summed E-state index contributed by atoms with van der Waals surface area (Å²) in [6, 6.07) is 6.06. The summed E-state index contributed by atoms with van der Waals surface area (Å²) < 4.78 is 18.5. The van der Waals surface area contributed by atoms with Crippen LogP contribution in [-0.2, 0) is 20.7 Å². The maximum absolute atomic E-state index is 12.9. The Kier molecular flexibility index (Phi) is 4.85. The van der Waals surface area contributed by atoms with Crippen LogP contribution in [0.25, 0.3) is 0 Å². The van der Waals surface area contributed by atoms with Gasteiger partial charge in [0.1, 0.15) is 12.4 Å². The molecule has 1 aliphatic carbocycles. The number of benzene rings is 1. The van der Waals surface area contributed by atoms with E-state index in [1.54, 1.807) is 12.1 Å². The molecule has 0 aromatic heterocycles. The van der Waals surface area contributed by atoms with Crippen molar-refractivity contribution in [3.05, 3.63) is 35.6 Å². The second-order valence-corrected chi connectivity index (χ2v) is 6.85. The zero-order valence-electron chi connectivity index (χ0n) is 13.7. The number of primary amides is 1. The first-order chi connectivity index (χ1) is 11.5. The highest BCUT2D eigenvalue weighted by Crippen LogP contribution is 2.50. The van der Waals surface area contributed by atoms with Gasteiger partial charge in [0, 0.05) is 18.5 Å². The third-order valence-corrected chi connectivity index (χ3v) is 5.39. The summed E-state index contributed by atoms with van der Waals surface area (Å²) >= 11 is 0. The van der Waals surface area contributed by atoms with E-state index >= 15 is 0 Å². The third-order valence-electron chi connectivity index (χ3n) is 5.39. The van der Waals surface area contributed by atoms with E-state index in [4.69, 9.17) is 10.5 Å². The van der Waals surface area contributed by atoms with Crippen LogP contribution in [0, 0.1) is 11.2 Å². The van der Waals surface area contributed by atoms with Gasteiger partial charge in [-0.3, -0.25) is 9.59 Å². The average molecular weight is 334 g/mol. The molecule has 1 heterocycles. The number of piperidine rings is 1. The number of nitrogens with two attached hydrogens (primary N) is 1. The van der Waals surface area contributed by atoms with Crippen molar-refractivity contribution in [2.24, 2.45) is 11.1 Å². The number of halogens is 1. The number of hydrogen-bond acceptors (Lipinski definition) is 3. The Morgan fingerprint density at radius 1 is 1.21 bits per heavy atom. The fourth-order valence-electron chi connectivity index (χ4n) is 3.78. The first-order valence-electron chi connectivity index (χ1n) is 8.41. The van der Waals surface area contributed by atoms with Gasteiger partial charge in [0.25, 0.3) is 0 Å². The van der Waals surface area contributed by atoms with Crippen LogP contribution in [0.15, 0.2) is 24.3 Å². The van der Waals surface area contributed by atoms with Gasteiger partial charge in [-0.05, 0) is 43.4 Å². The molecule has 2 fully saturated rings. The molecule has 1 aromatic carbocycles. The van der Waals surface area contributed by atoms with Crippen LogP contribution in [0.5, 0.6) is 0 Å². The van der Waals surface area contributed by atoms with E-state index in [0.29, 0.717) is 19.5 Å². The molecule has 0 bridgehead atoms. The molecule has 1 saturated carbocycles. The number of carbonyl (C=O) groups excluding carboxylic acids is 2. The number of ether oxygens (including phenoxy) is 1. The molecule has 5 nitrogen and oxygen atoms in total. The smallest absolute Gasteiger partial charge is 0.243 e. The first-order valence-corrected chi connectivity index (χ1v) is 8.41. The average Bonchev–Trinajstić information content (AvgIpc) is 2.56. The summed E-state index contributed by atoms with van der Waals surface area (Å²) in [6.07, 6.45) is 4.21. The van der Waals surface area contributed by atoms with E-state index in [0.717, 1.165) is 31.2 Å². The Labute approximate surface area is 141 Å². The molecule has 3 rings (SSSR count). The standard InChI is InChI=1S/C18H23FN2O3/c19-14-3-1-13(2-4-14)11-17(23)21-9-7-18(8-10-21)6-5-15(18)24-12-16(20)22/h1-4,15H,5-12H2,(H2,20,22). The minimum atomic E-state index is -0.441. The molecule has 24 heavy (non-hydrogen) atoms.